The van der Waals surface area contributed by atoms with Gasteiger partial charge in [-0.2, -0.15) is 0 Å². The van der Waals surface area contributed by atoms with Crippen LogP contribution in [0, 0.1) is 0 Å². The van der Waals surface area contributed by atoms with Crippen LogP contribution in [-0.2, 0) is 0 Å². The molecule has 16 heavy (non-hydrogen) atoms. The second-order valence-electron chi connectivity index (χ2n) is 4.03. The van der Waals surface area contributed by atoms with Crippen molar-refractivity contribution in [3.8, 4) is 0 Å². The number of nitrogens with one attached hydrogen (secondary N) is 1. The molecule has 1 fully saturated rings. The highest BCUT2D eigenvalue weighted by atomic mass is 35.5. The molecule has 0 bridgehead atoms. The summed E-state index contributed by atoms with van der Waals surface area (Å²) < 4.78 is 1.29. The van der Waals surface area contributed by atoms with Gasteiger partial charge in [-0.3, -0.25) is 9.36 Å². The van der Waals surface area contributed by atoms with Gasteiger partial charge in [0.25, 0.3) is 5.56 Å². The van der Waals surface area contributed by atoms with Gasteiger partial charge in [-0.1, -0.05) is 11.6 Å². The Morgan fingerprint density at radius 3 is 2.75 bits per heavy atom. The Bertz CT molecular complexity index is 682. The largest absolute Gasteiger partial charge is 0.329 e. The van der Waals surface area contributed by atoms with Crippen LogP contribution in [0.3, 0.4) is 0 Å². The van der Waals surface area contributed by atoms with E-state index in [9.17, 15) is 9.59 Å². The van der Waals surface area contributed by atoms with Crippen LogP contribution in [0.25, 0.3) is 10.9 Å². The van der Waals surface area contributed by atoms with Crippen molar-refractivity contribution in [3.05, 3.63) is 44.1 Å². The number of nitrogens with zero attached hydrogens (tertiary/aromatic N) is 1. The molecule has 1 saturated carbocycles. The average Bonchev–Trinajstić information content (AvgIpc) is 3.04. The molecule has 0 radical (unpaired) electrons. The molecule has 5 heteroatoms. The zero-order valence-electron chi connectivity index (χ0n) is 8.37. The van der Waals surface area contributed by atoms with Crippen molar-refractivity contribution in [2.75, 3.05) is 0 Å². The summed E-state index contributed by atoms with van der Waals surface area (Å²) in [7, 11) is 0. The first-order chi connectivity index (χ1) is 7.66. The summed E-state index contributed by atoms with van der Waals surface area (Å²) >= 11 is 5.84. The number of H-pyrrole nitrogens is 1. The summed E-state index contributed by atoms with van der Waals surface area (Å²) in [4.78, 5) is 26.5. The maximum atomic E-state index is 12.1. The highest BCUT2D eigenvalue weighted by Crippen LogP contribution is 2.32. The summed E-state index contributed by atoms with van der Waals surface area (Å²) in [5.41, 5.74) is -0.0395. The van der Waals surface area contributed by atoms with Gasteiger partial charge in [-0.15, -0.1) is 0 Å². The molecule has 1 aliphatic rings. The van der Waals surface area contributed by atoms with Crippen molar-refractivity contribution in [2.45, 2.75) is 18.9 Å². The first-order valence-corrected chi connectivity index (χ1v) is 5.49. The molecule has 0 atom stereocenters. The van der Waals surface area contributed by atoms with Crippen LogP contribution in [0.5, 0.6) is 0 Å². The molecule has 3 rings (SSSR count). The van der Waals surface area contributed by atoms with E-state index in [4.69, 9.17) is 11.6 Å². The average molecular weight is 237 g/mol. The van der Waals surface area contributed by atoms with Gasteiger partial charge in [-0.25, -0.2) is 4.79 Å². The monoisotopic (exact) mass is 236 g/mol. The summed E-state index contributed by atoms with van der Waals surface area (Å²) in [6.07, 6.45) is 1.80. The van der Waals surface area contributed by atoms with Crippen LogP contribution >= 0.6 is 11.6 Å². The van der Waals surface area contributed by atoms with E-state index in [1.54, 1.807) is 18.2 Å². The Hall–Kier alpha value is -1.55. The molecule has 1 N–H and O–H groups in total. The lowest BCUT2D eigenvalue weighted by Crippen LogP contribution is -2.34. The zero-order chi connectivity index (χ0) is 11.3. The quantitative estimate of drug-likeness (QED) is 0.819. The predicted octanol–water partition coefficient (Wildman–Crippen LogP) is 1.68. The van der Waals surface area contributed by atoms with E-state index in [0.717, 1.165) is 12.8 Å². The number of benzene rings is 1. The number of rotatable bonds is 1. The molecule has 4 nitrogen and oxygen atoms in total. The third kappa shape index (κ3) is 1.38. The fraction of sp³-hybridized carbons (Fsp3) is 0.273. The second kappa shape index (κ2) is 3.22. The van der Waals surface area contributed by atoms with Crippen molar-refractivity contribution in [2.24, 2.45) is 0 Å². The molecule has 0 aliphatic heterocycles. The molecule has 2 aromatic rings. The summed E-state index contributed by atoms with van der Waals surface area (Å²) in [5.74, 6) is 0. The van der Waals surface area contributed by atoms with Gasteiger partial charge < -0.3 is 4.98 Å². The lowest BCUT2D eigenvalue weighted by molar-refractivity contribution is 0.666. The smallest absolute Gasteiger partial charge is 0.307 e. The third-order valence-corrected chi connectivity index (χ3v) is 3.04. The van der Waals surface area contributed by atoms with E-state index < -0.39 is 0 Å². The third-order valence-electron chi connectivity index (χ3n) is 2.80. The van der Waals surface area contributed by atoms with Crippen molar-refractivity contribution in [1.29, 1.82) is 0 Å². The van der Waals surface area contributed by atoms with Crippen LogP contribution < -0.4 is 11.2 Å². The first kappa shape index (κ1) is 9.66. The number of hydrogen-bond acceptors (Lipinski definition) is 2. The molecule has 1 aliphatic carbocycles. The standard InChI is InChI=1S/C11H9ClN2O2/c12-6-1-4-9-8(5-6)10(15)14(7-2-3-7)11(16)13-9/h1,4-5,7H,2-3H2,(H,13,16). The van der Waals surface area contributed by atoms with Crippen LogP contribution in [0.4, 0.5) is 0 Å². The molecule has 0 unspecified atom stereocenters. The number of hydrogen-bond donors (Lipinski definition) is 1. The van der Waals surface area contributed by atoms with Crippen molar-refractivity contribution in [1.82, 2.24) is 9.55 Å². The molecular formula is C11H9ClN2O2. The fourth-order valence-corrected chi connectivity index (χ4v) is 2.04. The molecule has 0 saturated heterocycles. The first-order valence-electron chi connectivity index (χ1n) is 5.11. The van der Waals surface area contributed by atoms with E-state index in [1.165, 1.54) is 4.57 Å². The topological polar surface area (TPSA) is 54.9 Å². The number of aromatic nitrogens is 2. The van der Waals surface area contributed by atoms with Gasteiger partial charge >= 0.3 is 5.69 Å². The Labute approximate surface area is 95.5 Å². The normalized spacial score (nSPS) is 15.6. The molecule has 1 heterocycles. The zero-order valence-corrected chi connectivity index (χ0v) is 9.12. The minimum Gasteiger partial charge on any atom is -0.307 e. The molecule has 0 spiro atoms. The SMILES string of the molecule is O=c1[nH]c2ccc(Cl)cc2c(=O)n1C1CC1. The van der Waals surface area contributed by atoms with Crippen molar-refractivity contribution >= 4 is 22.5 Å². The molecule has 1 aromatic heterocycles. The Balaban J connectivity index is 2.45. The Morgan fingerprint density at radius 2 is 2.06 bits per heavy atom. The van der Waals surface area contributed by atoms with Gasteiger partial charge in [0.15, 0.2) is 0 Å². The van der Waals surface area contributed by atoms with Gasteiger partial charge in [0.05, 0.1) is 10.9 Å². The minimum absolute atomic E-state index is 0.0691. The molecule has 0 amide bonds. The Kier molecular flexibility index (Phi) is 1.94. The lowest BCUT2D eigenvalue weighted by Gasteiger charge is -2.04. The van der Waals surface area contributed by atoms with E-state index >= 15 is 0 Å². The van der Waals surface area contributed by atoms with Gasteiger partial charge in [-0.05, 0) is 31.0 Å². The number of halogens is 1. The number of aromatic amines is 1. The minimum atomic E-state index is -0.331. The molecule has 82 valence electrons. The molecular weight excluding hydrogens is 228 g/mol. The maximum absolute atomic E-state index is 12.1. The van der Waals surface area contributed by atoms with Crippen LogP contribution in [0.2, 0.25) is 5.02 Å². The van der Waals surface area contributed by atoms with E-state index in [-0.39, 0.29) is 17.3 Å². The van der Waals surface area contributed by atoms with Crippen LogP contribution in [-0.4, -0.2) is 9.55 Å². The van der Waals surface area contributed by atoms with Crippen molar-refractivity contribution < 1.29 is 0 Å². The maximum Gasteiger partial charge on any atom is 0.329 e. The number of fused-ring (bicyclic) bond motifs is 1. The summed E-state index contributed by atoms with van der Waals surface area (Å²) in [6, 6.07) is 4.96. The van der Waals surface area contributed by atoms with Gasteiger partial charge in [0.1, 0.15) is 0 Å². The summed E-state index contributed by atoms with van der Waals surface area (Å²) in [5, 5.41) is 0.970. The van der Waals surface area contributed by atoms with Gasteiger partial charge in [0, 0.05) is 11.1 Å². The van der Waals surface area contributed by atoms with Crippen LogP contribution in [0.15, 0.2) is 27.8 Å². The predicted molar refractivity (Wildman–Crippen MR) is 62.1 cm³/mol. The second-order valence-corrected chi connectivity index (χ2v) is 4.46. The fourth-order valence-electron chi connectivity index (χ4n) is 1.86. The Morgan fingerprint density at radius 1 is 1.31 bits per heavy atom. The van der Waals surface area contributed by atoms with E-state index in [2.05, 4.69) is 4.98 Å². The van der Waals surface area contributed by atoms with E-state index in [1.807, 2.05) is 0 Å². The molecule has 1 aromatic carbocycles. The highest BCUT2D eigenvalue weighted by molar-refractivity contribution is 6.31. The summed E-state index contributed by atoms with van der Waals surface area (Å²) in [6.45, 7) is 0. The van der Waals surface area contributed by atoms with E-state index in [0.29, 0.717) is 15.9 Å². The van der Waals surface area contributed by atoms with Gasteiger partial charge in [0.2, 0.25) is 0 Å². The lowest BCUT2D eigenvalue weighted by atomic mass is 10.2. The van der Waals surface area contributed by atoms with Crippen LogP contribution in [0.1, 0.15) is 18.9 Å². The highest BCUT2D eigenvalue weighted by Gasteiger charge is 2.27. The van der Waals surface area contributed by atoms with Crippen molar-refractivity contribution in [3.63, 3.8) is 0 Å².